The molecule has 0 aliphatic heterocycles. The fourth-order valence-electron chi connectivity index (χ4n) is 1.63. The summed E-state index contributed by atoms with van der Waals surface area (Å²) in [5.74, 6) is 1.57. The maximum Gasteiger partial charge on any atom is 0.145 e. The van der Waals surface area contributed by atoms with Crippen LogP contribution in [0.15, 0.2) is 29.8 Å². The van der Waals surface area contributed by atoms with Gasteiger partial charge in [-0.2, -0.15) is 0 Å². The highest BCUT2D eigenvalue weighted by Gasteiger charge is 2.04. The van der Waals surface area contributed by atoms with E-state index in [4.69, 9.17) is 9.47 Å². The van der Waals surface area contributed by atoms with Crippen molar-refractivity contribution in [2.75, 3.05) is 26.1 Å². The molecular formula is C13H16N2O2S. The molecule has 1 aromatic heterocycles. The molecule has 0 unspecified atom stereocenters. The van der Waals surface area contributed by atoms with Gasteiger partial charge in [0.05, 0.1) is 24.9 Å². The summed E-state index contributed by atoms with van der Waals surface area (Å²) in [5.41, 5.74) is 0.967. The number of nitrogens with one attached hydrogen (secondary N) is 1. The average Bonchev–Trinajstić information content (AvgIpc) is 2.92. The number of aromatic nitrogens is 1. The first-order valence-corrected chi connectivity index (χ1v) is 6.55. The number of thiazole rings is 1. The fraction of sp³-hybridized carbons (Fsp3) is 0.308. The molecule has 2 aromatic rings. The van der Waals surface area contributed by atoms with Crippen LogP contribution in [0.5, 0.6) is 11.5 Å². The van der Waals surface area contributed by atoms with Gasteiger partial charge in [0.2, 0.25) is 0 Å². The Morgan fingerprint density at radius 2 is 2.17 bits per heavy atom. The van der Waals surface area contributed by atoms with Gasteiger partial charge >= 0.3 is 0 Å². The zero-order valence-corrected chi connectivity index (χ0v) is 11.3. The third-order valence-corrected chi connectivity index (χ3v) is 3.39. The summed E-state index contributed by atoms with van der Waals surface area (Å²) in [6, 6.07) is 5.74. The molecule has 0 amide bonds. The van der Waals surface area contributed by atoms with E-state index in [0.717, 1.165) is 35.2 Å². The molecule has 0 radical (unpaired) electrons. The SMILES string of the molecule is COc1ccc(NCCc2nccs2)c(OC)c1. The zero-order valence-electron chi connectivity index (χ0n) is 10.5. The Morgan fingerprint density at radius 3 is 2.83 bits per heavy atom. The lowest BCUT2D eigenvalue weighted by molar-refractivity contribution is 0.395. The lowest BCUT2D eigenvalue weighted by Gasteiger charge is -2.11. The Morgan fingerprint density at radius 1 is 1.28 bits per heavy atom. The lowest BCUT2D eigenvalue weighted by atomic mass is 10.2. The fourth-order valence-corrected chi connectivity index (χ4v) is 2.25. The van der Waals surface area contributed by atoms with E-state index < -0.39 is 0 Å². The van der Waals surface area contributed by atoms with Crippen LogP contribution in [0.1, 0.15) is 5.01 Å². The second-order valence-electron chi connectivity index (χ2n) is 3.67. The number of methoxy groups -OCH3 is 2. The van der Waals surface area contributed by atoms with Crippen LogP contribution < -0.4 is 14.8 Å². The molecule has 0 spiro atoms. The average molecular weight is 264 g/mol. The molecule has 5 heteroatoms. The second kappa shape index (κ2) is 6.26. The van der Waals surface area contributed by atoms with Gasteiger partial charge in [-0.15, -0.1) is 11.3 Å². The van der Waals surface area contributed by atoms with Crippen LogP contribution in [0.2, 0.25) is 0 Å². The first kappa shape index (κ1) is 12.7. The van der Waals surface area contributed by atoms with Gasteiger partial charge in [0.15, 0.2) is 0 Å². The smallest absolute Gasteiger partial charge is 0.145 e. The number of nitrogens with zero attached hydrogens (tertiary/aromatic N) is 1. The third kappa shape index (κ3) is 3.13. The lowest BCUT2D eigenvalue weighted by Crippen LogP contribution is -2.06. The van der Waals surface area contributed by atoms with Gasteiger partial charge in [-0.1, -0.05) is 0 Å². The van der Waals surface area contributed by atoms with Gasteiger partial charge < -0.3 is 14.8 Å². The molecule has 0 fully saturated rings. The van der Waals surface area contributed by atoms with E-state index in [1.807, 2.05) is 29.8 Å². The van der Waals surface area contributed by atoms with Crippen LogP contribution in [0.4, 0.5) is 5.69 Å². The van der Waals surface area contributed by atoms with Crippen molar-refractivity contribution < 1.29 is 9.47 Å². The molecule has 0 aliphatic carbocycles. The van der Waals surface area contributed by atoms with Crippen LogP contribution in [-0.4, -0.2) is 25.7 Å². The first-order chi connectivity index (χ1) is 8.83. The largest absolute Gasteiger partial charge is 0.497 e. The highest BCUT2D eigenvalue weighted by atomic mass is 32.1. The molecule has 96 valence electrons. The summed E-state index contributed by atoms with van der Waals surface area (Å²) < 4.78 is 10.5. The van der Waals surface area contributed by atoms with Gasteiger partial charge in [0.25, 0.3) is 0 Å². The van der Waals surface area contributed by atoms with E-state index in [-0.39, 0.29) is 0 Å². The maximum atomic E-state index is 5.32. The predicted molar refractivity (Wildman–Crippen MR) is 73.9 cm³/mol. The van der Waals surface area contributed by atoms with Crippen molar-refractivity contribution in [2.45, 2.75) is 6.42 Å². The zero-order chi connectivity index (χ0) is 12.8. The number of rotatable bonds is 6. The summed E-state index contributed by atoms with van der Waals surface area (Å²) in [6.07, 6.45) is 2.74. The summed E-state index contributed by atoms with van der Waals surface area (Å²) in [6.45, 7) is 0.830. The minimum absolute atomic E-state index is 0.786. The maximum absolute atomic E-state index is 5.32. The van der Waals surface area contributed by atoms with E-state index in [1.54, 1.807) is 25.6 Å². The van der Waals surface area contributed by atoms with Crippen molar-refractivity contribution in [3.05, 3.63) is 34.8 Å². The van der Waals surface area contributed by atoms with Gasteiger partial charge in [0.1, 0.15) is 11.5 Å². The van der Waals surface area contributed by atoms with E-state index in [9.17, 15) is 0 Å². The van der Waals surface area contributed by atoms with Crippen molar-refractivity contribution in [1.29, 1.82) is 0 Å². The molecule has 0 saturated heterocycles. The first-order valence-electron chi connectivity index (χ1n) is 5.67. The number of hydrogen-bond donors (Lipinski definition) is 1. The third-order valence-electron chi connectivity index (χ3n) is 2.55. The Kier molecular flexibility index (Phi) is 4.41. The normalized spacial score (nSPS) is 10.1. The summed E-state index contributed by atoms with van der Waals surface area (Å²) in [5, 5.41) is 6.46. The van der Waals surface area contributed by atoms with Crippen LogP contribution in [0.25, 0.3) is 0 Å². The molecule has 1 heterocycles. The Bertz CT molecular complexity index is 486. The second-order valence-corrected chi connectivity index (χ2v) is 4.65. The minimum Gasteiger partial charge on any atom is -0.497 e. The molecule has 4 nitrogen and oxygen atoms in total. The molecular weight excluding hydrogens is 248 g/mol. The van der Waals surface area contributed by atoms with Gasteiger partial charge in [-0.25, -0.2) is 4.98 Å². The quantitative estimate of drug-likeness (QED) is 0.871. The minimum atomic E-state index is 0.786. The molecule has 0 saturated carbocycles. The Labute approximate surface area is 111 Å². The van der Waals surface area contributed by atoms with E-state index in [0.29, 0.717) is 0 Å². The molecule has 2 rings (SSSR count). The number of anilines is 1. The van der Waals surface area contributed by atoms with Crippen LogP contribution >= 0.6 is 11.3 Å². The molecule has 18 heavy (non-hydrogen) atoms. The molecule has 0 atom stereocenters. The monoisotopic (exact) mass is 264 g/mol. The summed E-state index contributed by atoms with van der Waals surface area (Å²) in [7, 11) is 3.30. The van der Waals surface area contributed by atoms with Gasteiger partial charge in [0, 0.05) is 30.6 Å². The van der Waals surface area contributed by atoms with Crippen LogP contribution in [-0.2, 0) is 6.42 Å². The topological polar surface area (TPSA) is 43.4 Å². The van der Waals surface area contributed by atoms with Crippen molar-refractivity contribution in [2.24, 2.45) is 0 Å². The molecule has 1 N–H and O–H groups in total. The van der Waals surface area contributed by atoms with Crippen molar-refractivity contribution >= 4 is 17.0 Å². The summed E-state index contributed by atoms with van der Waals surface area (Å²) >= 11 is 1.67. The van der Waals surface area contributed by atoms with Crippen molar-refractivity contribution in [3.63, 3.8) is 0 Å². The summed E-state index contributed by atoms with van der Waals surface area (Å²) in [4.78, 5) is 4.24. The van der Waals surface area contributed by atoms with Gasteiger partial charge in [-0.3, -0.25) is 0 Å². The highest BCUT2D eigenvalue weighted by molar-refractivity contribution is 7.09. The van der Waals surface area contributed by atoms with Crippen molar-refractivity contribution in [3.8, 4) is 11.5 Å². The Hall–Kier alpha value is -1.75. The number of benzene rings is 1. The molecule has 0 aliphatic rings. The number of hydrogen-bond acceptors (Lipinski definition) is 5. The standard InChI is InChI=1S/C13H16N2O2S/c1-16-10-3-4-11(12(9-10)17-2)14-6-5-13-15-7-8-18-13/h3-4,7-9,14H,5-6H2,1-2H3. The van der Waals surface area contributed by atoms with Crippen LogP contribution in [0, 0.1) is 0 Å². The van der Waals surface area contributed by atoms with Crippen molar-refractivity contribution in [1.82, 2.24) is 4.98 Å². The number of ether oxygens (including phenoxy) is 2. The highest BCUT2D eigenvalue weighted by Crippen LogP contribution is 2.28. The van der Waals surface area contributed by atoms with Gasteiger partial charge in [-0.05, 0) is 12.1 Å². The van der Waals surface area contributed by atoms with E-state index >= 15 is 0 Å². The molecule has 0 bridgehead atoms. The van der Waals surface area contributed by atoms with E-state index in [2.05, 4.69) is 10.3 Å². The predicted octanol–water partition coefficient (Wildman–Crippen LogP) is 2.81. The Balaban J connectivity index is 1.96. The van der Waals surface area contributed by atoms with E-state index in [1.165, 1.54) is 0 Å². The molecule has 1 aromatic carbocycles. The van der Waals surface area contributed by atoms with Crippen LogP contribution in [0.3, 0.4) is 0 Å².